The van der Waals surface area contributed by atoms with Crippen LogP contribution >= 0.6 is 11.6 Å². The van der Waals surface area contributed by atoms with E-state index in [0.717, 1.165) is 16.1 Å². The lowest BCUT2D eigenvalue weighted by atomic mass is 10.1. The van der Waals surface area contributed by atoms with Crippen LogP contribution in [0.2, 0.25) is 5.02 Å². The molecule has 0 aromatic heterocycles. The third-order valence-corrected chi connectivity index (χ3v) is 6.63. The smallest absolute Gasteiger partial charge is 0.244 e. The van der Waals surface area contributed by atoms with Gasteiger partial charge in [0.1, 0.15) is 12.6 Å². The molecule has 1 N–H and O–H groups in total. The lowest BCUT2D eigenvalue weighted by molar-refractivity contribution is -0.139. The van der Waals surface area contributed by atoms with Gasteiger partial charge < -0.3 is 10.2 Å². The number of hydrogen-bond acceptors (Lipinski definition) is 4. The molecule has 0 saturated heterocycles. The highest BCUT2D eigenvalue weighted by molar-refractivity contribution is 7.92. The number of rotatable bonds is 10. The van der Waals surface area contributed by atoms with Gasteiger partial charge in [-0.2, -0.15) is 0 Å². The number of halogens is 1. The van der Waals surface area contributed by atoms with Crippen molar-refractivity contribution in [2.75, 3.05) is 23.7 Å². The Hall–Kier alpha value is -2.58. The minimum Gasteiger partial charge on any atom is -0.355 e. The third-order valence-electron chi connectivity index (χ3n) is 5.14. The molecule has 2 aromatic carbocycles. The Morgan fingerprint density at radius 2 is 1.62 bits per heavy atom. The van der Waals surface area contributed by atoms with E-state index in [2.05, 4.69) is 5.32 Å². The number of likely N-dealkylation sites (N-methyl/N-ethyl adjacent to an activating group) is 1. The van der Waals surface area contributed by atoms with Crippen LogP contribution in [0.5, 0.6) is 0 Å². The Labute approximate surface area is 195 Å². The van der Waals surface area contributed by atoms with Gasteiger partial charge in [0, 0.05) is 18.1 Å². The molecule has 7 nitrogen and oxygen atoms in total. The van der Waals surface area contributed by atoms with E-state index in [-0.39, 0.29) is 12.5 Å². The standard InChI is InChI=1S/C23H30ClN3O4S/c1-5-18-11-8-10-14-21(18)27(32(4,30)31)16-22(28)26(17(3)23(29)25-6-2)15-19-12-7-9-13-20(19)24/h7-14,17H,5-6,15-16H2,1-4H3,(H,25,29)/t17-/m1/s1. The molecule has 0 unspecified atom stereocenters. The van der Waals surface area contributed by atoms with Crippen molar-refractivity contribution in [2.45, 2.75) is 39.8 Å². The van der Waals surface area contributed by atoms with E-state index in [1.54, 1.807) is 50.2 Å². The van der Waals surface area contributed by atoms with E-state index in [1.165, 1.54) is 4.90 Å². The molecule has 2 amide bonds. The number of anilines is 1. The highest BCUT2D eigenvalue weighted by atomic mass is 35.5. The quantitative estimate of drug-likeness (QED) is 0.566. The number of nitrogens with zero attached hydrogens (tertiary/aromatic N) is 2. The zero-order valence-corrected chi connectivity index (χ0v) is 20.4. The number of benzene rings is 2. The molecule has 174 valence electrons. The van der Waals surface area contributed by atoms with Gasteiger partial charge in [-0.3, -0.25) is 13.9 Å². The van der Waals surface area contributed by atoms with Crippen molar-refractivity contribution in [3.8, 4) is 0 Å². The molecule has 1 atom stereocenters. The highest BCUT2D eigenvalue weighted by Gasteiger charge is 2.30. The number of hydrogen-bond donors (Lipinski definition) is 1. The molecule has 0 aliphatic rings. The van der Waals surface area contributed by atoms with Crippen LogP contribution in [0.4, 0.5) is 5.69 Å². The number of carbonyl (C=O) groups excluding carboxylic acids is 2. The van der Waals surface area contributed by atoms with Crippen molar-refractivity contribution >= 4 is 39.1 Å². The van der Waals surface area contributed by atoms with Gasteiger partial charge in [0.15, 0.2) is 0 Å². The van der Waals surface area contributed by atoms with Crippen molar-refractivity contribution < 1.29 is 18.0 Å². The second-order valence-corrected chi connectivity index (χ2v) is 9.75. The fraction of sp³-hybridized carbons (Fsp3) is 0.391. The van der Waals surface area contributed by atoms with Gasteiger partial charge in [-0.15, -0.1) is 0 Å². The van der Waals surface area contributed by atoms with Gasteiger partial charge in [-0.05, 0) is 43.5 Å². The summed E-state index contributed by atoms with van der Waals surface area (Å²) in [6.45, 7) is 5.38. The average Bonchev–Trinajstić information content (AvgIpc) is 2.75. The van der Waals surface area contributed by atoms with Crippen LogP contribution in [0.1, 0.15) is 31.9 Å². The maximum Gasteiger partial charge on any atom is 0.244 e. The van der Waals surface area contributed by atoms with Crippen LogP contribution in [0.15, 0.2) is 48.5 Å². The summed E-state index contributed by atoms with van der Waals surface area (Å²) in [4.78, 5) is 27.3. The molecule has 0 aliphatic carbocycles. The van der Waals surface area contributed by atoms with E-state index in [9.17, 15) is 18.0 Å². The van der Waals surface area contributed by atoms with Crippen molar-refractivity contribution in [1.29, 1.82) is 0 Å². The van der Waals surface area contributed by atoms with E-state index >= 15 is 0 Å². The molecule has 0 radical (unpaired) electrons. The van der Waals surface area contributed by atoms with E-state index in [1.807, 2.05) is 19.1 Å². The monoisotopic (exact) mass is 479 g/mol. The molecule has 2 aromatic rings. The maximum atomic E-state index is 13.4. The largest absolute Gasteiger partial charge is 0.355 e. The first-order chi connectivity index (χ1) is 15.1. The Morgan fingerprint density at radius 1 is 1.03 bits per heavy atom. The van der Waals surface area contributed by atoms with Crippen LogP contribution < -0.4 is 9.62 Å². The number of nitrogens with one attached hydrogen (secondary N) is 1. The molecule has 0 bridgehead atoms. The summed E-state index contributed by atoms with van der Waals surface area (Å²) >= 11 is 6.29. The van der Waals surface area contributed by atoms with Gasteiger partial charge in [-0.25, -0.2) is 8.42 Å². The number of aryl methyl sites for hydroxylation is 1. The lowest BCUT2D eigenvalue weighted by Gasteiger charge is -2.32. The first-order valence-corrected chi connectivity index (χ1v) is 12.7. The Balaban J connectivity index is 2.44. The molecule has 2 rings (SSSR count). The van der Waals surface area contributed by atoms with Gasteiger partial charge in [0.05, 0.1) is 11.9 Å². The number of sulfonamides is 1. The maximum absolute atomic E-state index is 13.4. The molecule has 32 heavy (non-hydrogen) atoms. The Kier molecular flexibility index (Phi) is 9.09. The summed E-state index contributed by atoms with van der Waals surface area (Å²) in [7, 11) is -3.76. The molecule has 0 spiro atoms. The van der Waals surface area contributed by atoms with Gasteiger partial charge in [0.2, 0.25) is 21.8 Å². The number of amides is 2. The first kappa shape index (κ1) is 25.7. The summed E-state index contributed by atoms with van der Waals surface area (Å²) in [5.74, 6) is -0.826. The van der Waals surface area contributed by atoms with Crippen LogP contribution in [0.3, 0.4) is 0 Å². The average molecular weight is 480 g/mol. The van der Waals surface area contributed by atoms with Crippen molar-refractivity contribution in [3.05, 3.63) is 64.7 Å². The van der Waals surface area contributed by atoms with E-state index in [4.69, 9.17) is 11.6 Å². The minimum absolute atomic E-state index is 0.0732. The van der Waals surface area contributed by atoms with E-state index < -0.39 is 28.5 Å². The predicted molar refractivity (Wildman–Crippen MR) is 128 cm³/mol. The van der Waals surface area contributed by atoms with Crippen LogP contribution in [0.25, 0.3) is 0 Å². The Bertz CT molecular complexity index is 1060. The minimum atomic E-state index is -3.76. The van der Waals surface area contributed by atoms with Crippen molar-refractivity contribution in [3.63, 3.8) is 0 Å². The van der Waals surface area contributed by atoms with Crippen molar-refractivity contribution in [2.24, 2.45) is 0 Å². The second kappa shape index (κ2) is 11.3. The van der Waals surface area contributed by atoms with Gasteiger partial charge >= 0.3 is 0 Å². The van der Waals surface area contributed by atoms with Gasteiger partial charge in [0.25, 0.3) is 0 Å². The topological polar surface area (TPSA) is 86.8 Å². The summed E-state index contributed by atoms with van der Waals surface area (Å²) in [5.41, 5.74) is 1.92. The SMILES string of the molecule is CCNC(=O)[C@@H](C)N(Cc1ccccc1Cl)C(=O)CN(c1ccccc1CC)S(C)(=O)=O. The summed E-state index contributed by atoms with van der Waals surface area (Å²) < 4.78 is 26.4. The second-order valence-electron chi connectivity index (χ2n) is 7.44. The fourth-order valence-electron chi connectivity index (χ4n) is 3.36. The zero-order valence-electron chi connectivity index (χ0n) is 18.8. The predicted octanol–water partition coefficient (Wildman–Crippen LogP) is 3.22. The molecule has 0 heterocycles. The third kappa shape index (κ3) is 6.46. The number of para-hydroxylation sites is 1. The lowest BCUT2D eigenvalue weighted by Crippen LogP contribution is -2.51. The molecule has 0 saturated carbocycles. The summed E-state index contributed by atoms with van der Waals surface area (Å²) in [6, 6.07) is 13.3. The van der Waals surface area contributed by atoms with Crippen LogP contribution in [-0.2, 0) is 32.6 Å². The number of carbonyl (C=O) groups is 2. The highest BCUT2D eigenvalue weighted by Crippen LogP contribution is 2.24. The Morgan fingerprint density at radius 3 is 2.19 bits per heavy atom. The van der Waals surface area contributed by atoms with Crippen molar-refractivity contribution in [1.82, 2.24) is 10.2 Å². The first-order valence-electron chi connectivity index (χ1n) is 10.5. The van der Waals surface area contributed by atoms with Gasteiger partial charge in [-0.1, -0.05) is 54.9 Å². The van der Waals surface area contributed by atoms with E-state index in [0.29, 0.717) is 29.2 Å². The molecule has 0 aliphatic heterocycles. The summed E-state index contributed by atoms with van der Waals surface area (Å²) in [6.07, 6.45) is 1.67. The normalized spacial score (nSPS) is 12.2. The molecule has 9 heteroatoms. The molecule has 0 fully saturated rings. The summed E-state index contributed by atoms with van der Waals surface area (Å²) in [5, 5.41) is 3.18. The molecular formula is C23H30ClN3O4S. The molecular weight excluding hydrogens is 450 g/mol. The van der Waals surface area contributed by atoms with Crippen LogP contribution in [0, 0.1) is 0 Å². The zero-order chi connectivity index (χ0) is 23.9. The van der Waals surface area contributed by atoms with Crippen LogP contribution in [-0.4, -0.2) is 50.5 Å². The fourth-order valence-corrected chi connectivity index (χ4v) is 4.44.